The Balaban J connectivity index is 1.36. The van der Waals surface area contributed by atoms with Gasteiger partial charge in [0.2, 0.25) is 0 Å². The van der Waals surface area contributed by atoms with Gasteiger partial charge in [-0.05, 0) is 54.2 Å². The van der Waals surface area contributed by atoms with Crippen molar-refractivity contribution in [1.82, 2.24) is 0 Å². The molecule has 0 spiro atoms. The number of aryl methyl sites for hydroxylation is 1. The Hall–Kier alpha value is -2.89. The van der Waals surface area contributed by atoms with Crippen LogP contribution in [0.2, 0.25) is 0 Å². The molecular weight excluding hydrogens is 509 g/mol. The molecule has 1 fully saturated rings. The molecule has 0 unspecified atom stereocenters. The fourth-order valence-corrected chi connectivity index (χ4v) is 5.28. The van der Waals surface area contributed by atoms with E-state index < -0.39 is 11.6 Å². The highest BCUT2D eigenvalue weighted by molar-refractivity contribution is 5.71. The molecule has 1 saturated heterocycles. The molecule has 3 aromatic rings. The average molecular weight is 551 g/mol. The fraction of sp³-hybridized carbons (Fsp3) is 0.429. The summed E-state index contributed by atoms with van der Waals surface area (Å²) in [6, 6.07) is 15.4. The predicted octanol–water partition coefficient (Wildman–Crippen LogP) is 10.2. The van der Waals surface area contributed by atoms with Crippen LogP contribution < -0.4 is 0 Å². The summed E-state index contributed by atoms with van der Waals surface area (Å²) in [7, 11) is 0. The molecule has 2 nitrogen and oxygen atoms in total. The molecule has 4 rings (SSSR count). The van der Waals surface area contributed by atoms with Gasteiger partial charge in [-0.3, -0.25) is 0 Å². The highest BCUT2D eigenvalue weighted by Crippen LogP contribution is 2.32. The van der Waals surface area contributed by atoms with E-state index in [4.69, 9.17) is 9.47 Å². The van der Waals surface area contributed by atoms with Gasteiger partial charge in [-0.25, -0.2) is 13.2 Å². The summed E-state index contributed by atoms with van der Waals surface area (Å²) in [5.74, 6) is -1.97. The van der Waals surface area contributed by atoms with Crippen LogP contribution in [0, 0.1) is 17.5 Å². The first kappa shape index (κ1) is 30.1. The Morgan fingerprint density at radius 1 is 0.725 bits per heavy atom. The molecule has 3 aromatic carbocycles. The third kappa shape index (κ3) is 7.86. The first-order valence-corrected chi connectivity index (χ1v) is 14.7. The quantitative estimate of drug-likeness (QED) is 0.156. The van der Waals surface area contributed by atoms with Gasteiger partial charge < -0.3 is 9.47 Å². The van der Waals surface area contributed by atoms with Crippen molar-refractivity contribution in [3.05, 3.63) is 95.3 Å². The molecular formula is C35H41F3O2. The van der Waals surface area contributed by atoms with Gasteiger partial charge >= 0.3 is 0 Å². The average Bonchev–Trinajstić information content (AvgIpc) is 2.97. The molecule has 0 aromatic heterocycles. The molecule has 214 valence electrons. The third-order valence-corrected chi connectivity index (χ3v) is 7.71. The van der Waals surface area contributed by atoms with Crippen LogP contribution in [0.15, 0.2) is 66.7 Å². The van der Waals surface area contributed by atoms with Crippen LogP contribution in [-0.4, -0.2) is 19.5 Å². The van der Waals surface area contributed by atoms with E-state index in [9.17, 15) is 4.39 Å². The van der Waals surface area contributed by atoms with E-state index in [0.717, 1.165) is 24.8 Å². The molecule has 40 heavy (non-hydrogen) atoms. The smallest absolute Gasteiger partial charge is 0.176 e. The van der Waals surface area contributed by atoms with E-state index in [0.29, 0.717) is 41.9 Å². The van der Waals surface area contributed by atoms with Gasteiger partial charge in [0, 0.05) is 17.0 Å². The van der Waals surface area contributed by atoms with Gasteiger partial charge in [0.25, 0.3) is 0 Å². The molecule has 1 aliphatic rings. The van der Waals surface area contributed by atoms with Crippen molar-refractivity contribution in [2.45, 2.75) is 83.8 Å². The van der Waals surface area contributed by atoms with E-state index in [-0.39, 0.29) is 23.6 Å². The Bertz CT molecular complexity index is 1240. The maximum absolute atomic E-state index is 15.1. The van der Waals surface area contributed by atoms with Gasteiger partial charge in [-0.15, -0.1) is 0 Å². The third-order valence-electron chi connectivity index (χ3n) is 7.71. The fourth-order valence-electron chi connectivity index (χ4n) is 5.28. The van der Waals surface area contributed by atoms with Crippen LogP contribution >= 0.6 is 0 Å². The summed E-state index contributed by atoms with van der Waals surface area (Å²) in [6.07, 6.45) is 13.2. The molecule has 0 radical (unpaired) electrons. The number of unbranched alkanes of at least 4 members (excludes halogenated alkanes) is 7. The Labute approximate surface area is 237 Å². The largest absolute Gasteiger partial charge is 0.348 e. The Morgan fingerprint density at radius 2 is 1.32 bits per heavy atom. The first-order valence-electron chi connectivity index (χ1n) is 14.7. The van der Waals surface area contributed by atoms with Crippen molar-refractivity contribution in [1.29, 1.82) is 0 Å². The van der Waals surface area contributed by atoms with Crippen molar-refractivity contribution < 1.29 is 22.6 Å². The lowest BCUT2D eigenvalue weighted by Crippen LogP contribution is -2.29. The summed E-state index contributed by atoms with van der Waals surface area (Å²) in [5, 5.41) is 0. The number of allylic oxidation sites excluding steroid dienone is 1. The SMILES string of the molecule is C/C=C/C1OCC(c2ccc(-c3ccc(-c4ccc(CCCCCCCCCC)c(F)c4F)cc3)c(F)c2)CO1. The van der Waals surface area contributed by atoms with Crippen molar-refractivity contribution >= 4 is 0 Å². The molecule has 0 amide bonds. The van der Waals surface area contributed by atoms with E-state index >= 15 is 8.78 Å². The number of hydrogen-bond acceptors (Lipinski definition) is 2. The second-order valence-corrected chi connectivity index (χ2v) is 10.7. The van der Waals surface area contributed by atoms with Crippen LogP contribution in [0.4, 0.5) is 13.2 Å². The number of ether oxygens (including phenoxy) is 2. The minimum Gasteiger partial charge on any atom is -0.348 e. The van der Waals surface area contributed by atoms with Crippen molar-refractivity contribution in [3.63, 3.8) is 0 Å². The molecule has 0 saturated carbocycles. The molecule has 0 atom stereocenters. The summed E-state index contributed by atoms with van der Waals surface area (Å²) in [4.78, 5) is 0. The highest BCUT2D eigenvalue weighted by atomic mass is 19.2. The standard InChI is InChI=1S/C35H41F3O2/c1-3-5-6-7-8-9-10-11-13-27-18-21-31(35(38)34(27)37)26-16-14-25(15-17-26)30-20-19-28(22-32(30)36)29-23-39-33(12-4-2)40-24-29/h4,12,14-22,29,33H,3,5-11,13,23-24H2,1-2H3/b12-4+. The summed E-state index contributed by atoms with van der Waals surface area (Å²) < 4.78 is 56.3. The zero-order valence-corrected chi connectivity index (χ0v) is 23.7. The zero-order valence-electron chi connectivity index (χ0n) is 23.7. The lowest BCUT2D eigenvalue weighted by atomic mass is 9.94. The summed E-state index contributed by atoms with van der Waals surface area (Å²) in [6.45, 7) is 5.04. The van der Waals surface area contributed by atoms with Crippen LogP contribution in [0.3, 0.4) is 0 Å². The van der Waals surface area contributed by atoms with Gasteiger partial charge in [-0.2, -0.15) is 0 Å². The second-order valence-electron chi connectivity index (χ2n) is 10.7. The number of hydrogen-bond donors (Lipinski definition) is 0. The summed E-state index contributed by atoms with van der Waals surface area (Å²) >= 11 is 0. The van der Waals surface area contributed by atoms with Crippen molar-refractivity contribution in [2.24, 2.45) is 0 Å². The van der Waals surface area contributed by atoms with Crippen molar-refractivity contribution in [3.8, 4) is 22.3 Å². The maximum atomic E-state index is 15.1. The van der Waals surface area contributed by atoms with E-state index in [2.05, 4.69) is 6.92 Å². The highest BCUT2D eigenvalue weighted by Gasteiger charge is 2.23. The van der Waals surface area contributed by atoms with Crippen molar-refractivity contribution in [2.75, 3.05) is 13.2 Å². The number of rotatable bonds is 13. The lowest BCUT2D eigenvalue weighted by molar-refractivity contribution is -0.159. The molecule has 5 heteroatoms. The Morgan fingerprint density at radius 3 is 1.95 bits per heavy atom. The van der Waals surface area contributed by atoms with E-state index in [1.54, 1.807) is 42.5 Å². The minimum absolute atomic E-state index is 0.0381. The second kappa shape index (κ2) is 15.2. The molecule has 1 aliphatic heterocycles. The maximum Gasteiger partial charge on any atom is 0.176 e. The van der Waals surface area contributed by atoms with Gasteiger partial charge in [0.1, 0.15) is 5.82 Å². The first-order chi connectivity index (χ1) is 19.5. The molecule has 0 bridgehead atoms. The molecule has 0 aliphatic carbocycles. The molecule has 1 heterocycles. The zero-order chi connectivity index (χ0) is 28.3. The molecule has 0 N–H and O–H groups in total. The van der Waals surface area contributed by atoms with Crippen LogP contribution in [0.25, 0.3) is 22.3 Å². The minimum atomic E-state index is -0.825. The van der Waals surface area contributed by atoms with E-state index in [1.165, 1.54) is 38.2 Å². The van der Waals surface area contributed by atoms with Gasteiger partial charge in [-0.1, -0.05) is 106 Å². The number of benzene rings is 3. The summed E-state index contributed by atoms with van der Waals surface area (Å²) in [5.41, 5.74) is 3.14. The topological polar surface area (TPSA) is 18.5 Å². The monoisotopic (exact) mass is 550 g/mol. The number of halogens is 3. The normalized spacial score (nSPS) is 17.5. The predicted molar refractivity (Wildman–Crippen MR) is 157 cm³/mol. The Kier molecular flexibility index (Phi) is 11.4. The lowest BCUT2D eigenvalue weighted by Gasteiger charge is -2.28. The van der Waals surface area contributed by atoms with Gasteiger partial charge in [0.05, 0.1) is 13.2 Å². The van der Waals surface area contributed by atoms with Crippen LogP contribution in [-0.2, 0) is 15.9 Å². The van der Waals surface area contributed by atoms with Gasteiger partial charge in [0.15, 0.2) is 17.9 Å². The van der Waals surface area contributed by atoms with Crippen LogP contribution in [0.5, 0.6) is 0 Å². The van der Waals surface area contributed by atoms with Crippen LogP contribution in [0.1, 0.15) is 82.3 Å². The van der Waals surface area contributed by atoms with E-state index in [1.807, 2.05) is 25.1 Å².